The van der Waals surface area contributed by atoms with Gasteiger partial charge in [-0.2, -0.15) is 18.4 Å². The summed E-state index contributed by atoms with van der Waals surface area (Å²) in [6.45, 7) is 3.05. The maximum atomic E-state index is 13.4. The summed E-state index contributed by atoms with van der Waals surface area (Å²) >= 11 is 12.5. The summed E-state index contributed by atoms with van der Waals surface area (Å²) in [5.74, 6) is -1.45. The number of alkyl halides is 3. The van der Waals surface area contributed by atoms with Crippen LogP contribution in [0.2, 0.25) is 10.2 Å². The first-order valence-corrected chi connectivity index (χ1v) is 12.1. The monoisotopic (exact) mass is 537 g/mol. The fourth-order valence-corrected chi connectivity index (χ4v) is 5.52. The van der Waals surface area contributed by atoms with E-state index in [0.717, 1.165) is 4.57 Å². The van der Waals surface area contributed by atoms with Gasteiger partial charge in [0.15, 0.2) is 5.82 Å². The SMILES string of the molecule is CC1CN(c2c(C#N)c(Cl)nc3ccc(Cl)cc23)CCC1C(=O)N1CCn2c(nnc2C(F)(F)F)C1. The van der Waals surface area contributed by atoms with Crippen molar-refractivity contribution >= 4 is 45.7 Å². The average Bonchev–Trinajstić information content (AvgIpc) is 3.27. The number of halogens is 5. The van der Waals surface area contributed by atoms with Gasteiger partial charge in [0.25, 0.3) is 0 Å². The fraction of sp³-hybridized carbons (Fsp3) is 0.435. The number of hydrogen-bond donors (Lipinski definition) is 0. The maximum Gasteiger partial charge on any atom is 0.451 e. The Morgan fingerprint density at radius 3 is 2.67 bits per heavy atom. The number of piperidine rings is 1. The van der Waals surface area contributed by atoms with Crippen molar-refractivity contribution in [3.8, 4) is 6.07 Å². The second-order valence-corrected chi connectivity index (χ2v) is 9.86. The summed E-state index contributed by atoms with van der Waals surface area (Å²) in [6.07, 6.45) is -4.09. The van der Waals surface area contributed by atoms with Crippen LogP contribution in [0.1, 0.15) is 30.6 Å². The highest BCUT2D eigenvalue weighted by Crippen LogP contribution is 2.39. The van der Waals surface area contributed by atoms with Gasteiger partial charge in [-0.25, -0.2) is 4.98 Å². The summed E-state index contributed by atoms with van der Waals surface area (Å²) in [4.78, 5) is 21.3. The van der Waals surface area contributed by atoms with Crippen LogP contribution >= 0.6 is 23.2 Å². The van der Waals surface area contributed by atoms with Gasteiger partial charge in [0.2, 0.25) is 11.7 Å². The number of benzene rings is 1. The highest BCUT2D eigenvalue weighted by atomic mass is 35.5. The first kappa shape index (κ1) is 24.6. The maximum absolute atomic E-state index is 13.4. The van der Waals surface area contributed by atoms with Crippen molar-refractivity contribution in [2.75, 3.05) is 24.5 Å². The molecule has 0 bridgehead atoms. The van der Waals surface area contributed by atoms with E-state index in [0.29, 0.717) is 41.1 Å². The minimum Gasteiger partial charge on any atom is -0.370 e. The van der Waals surface area contributed by atoms with Crippen molar-refractivity contribution in [3.63, 3.8) is 0 Å². The number of pyridine rings is 1. The van der Waals surface area contributed by atoms with Gasteiger partial charge in [0, 0.05) is 42.5 Å². The van der Waals surface area contributed by atoms with Crippen LogP contribution in [0.4, 0.5) is 18.9 Å². The predicted molar refractivity (Wildman–Crippen MR) is 126 cm³/mol. The molecule has 1 amide bonds. The highest BCUT2D eigenvalue weighted by molar-refractivity contribution is 6.33. The Balaban J connectivity index is 1.36. The molecule has 2 atom stereocenters. The third-order valence-electron chi connectivity index (χ3n) is 6.84. The van der Waals surface area contributed by atoms with Gasteiger partial charge in [-0.15, -0.1) is 10.2 Å². The zero-order valence-corrected chi connectivity index (χ0v) is 20.6. The molecular formula is C23H20Cl2F3N7O. The molecule has 2 aromatic heterocycles. The standard InChI is InChI=1S/C23H20Cl2F3N7O/c1-12-10-33(19-15-8-13(24)2-3-17(15)30-20(25)16(19)9-29)5-4-14(12)21(36)34-6-7-35-18(11-34)31-32-22(35)23(26,27)28/h2-3,8,12,14H,4-7,10-11H2,1H3. The highest BCUT2D eigenvalue weighted by Gasteiger charge is 2.41. The minimum absolute atomic E-state index is 0.00998. The minimum atomic E-state index is -4.59. The molecule has 2 aliphatic heterocycles. The first-order valence-electron chi connectivity index (χ1n) is 11.3. The number of rotatable bonds is 2. The largest absolute Gasteiger partial charge is 0.451 e. The number of anilines is 1. The number of carbonyl (C=O) groups excluding carboxylic acids is 1. The molecule has 0 radical (unpaired) electrons. The Kier molecular flexibility index (Phi) is 6.21. The molecule has 3 aromatic rings. The molecule has 0 aliphatic carbocycles. The smallest absolute Gasteiger partial charge is 0.370 e. The van der Waals surface area contributed by atoms with Crippen molar-refractivity contribution in [2.45, 2.75) is 32.6 Å². The lowest BCUT2D eigenvalue weighted by Crippen LogP contribution is -2.49. The third kappa shape index (κ3) is 4.22. The van der Waals surface area contributed by atoms with Gasteiger partial charge >= 0.3 is 6.18 Å². The Morgan fingerprint density at radius 1 is 1.19 bits per heavy atom. The van der Waals surface area contributed by atoms with Crippen molar-refractivity contribution in [1.29, 1.82) is 5.26 Å². The quantitative estimate of drug-likeness (QED) is 0.446. The molecule has 1 saturated heterocycles. The molecule has 5 rings (SSSR count). The Labute approximate surface area is 214 Å². The molecule has 0 N–H and O–H groups in total. The van der Waals surface area contributed by atoms with Crippen LogP contribution in [0.25, 0.3) is 10.9 Å². The number of nitrogens with zero attached hydrogens (tertiary/aromatic N) is 7. The van der Waals surface area contributed by atoms with E-state index in [1.165, 1.54) is 0 Å². The normalized spacial score (nSPS) is 20.4. The fourth-order valence-electron chi connectivity index (χ4n) is 5.12. The van der Waals surface area contributed by atoms with Gasteiger partial charge in [0.1, 0.15) is 16.8 Å². The van der Waals surface area contributed by atoms with Gasteiger partial charge in [-0.05, 0) is 30.5 Å². The van der Waals surface area contributed by atoms with E-state index < -0.39 is 12.0 Å². The van der Waals surface area contributed by atoms with Crippen LogP contribution in [-0.2, 0) is 24.1 Å². The van der Waals surface area contributed by atoms with E-state index in [1.807, 2.05) is 11.8 Å². The summed E-state index contributed by atoms with van der Waals surface area (Å²) in [5, 5.41) is 18.0. The molecule has 13 heteroatoms. The van der Waals surface area contributed by atoms with E-state index in [4.69, 9.17) is 23.2 Å². The van der Waals surface area contributed by atoms with E-state index in [2.05, 4.69) is 21.3 Å². The molecule has 0 saturated carbocycles. The Hall–Kier alpha value is -3.10. The number of hydrogen-bond acceptors (Lipinski definition) is 6. The first-order chi connectivity index (χ1) is 17.1. The van der Waals surface area contributed by atoms with Crippen LogP contribution in [0, 0.1) is 23.2 Å². The van der Waals surface area contributed by atoms with Crippen LogP contribution in [0.5, 0.6) is 0 Å². The molecule has 4 heterocycles. The molecule has 36 heavy (non-hydrogen) atoms. The van der Waals surface area contributed by atoms with Gasteiger partial charge in [0.05, 0.1) is 17.7 Å². The number of fused-ring (bicyclic) bond motifs is 2. The third-order valence-corrected chi connectivity index (χ3v) is 7.35. The summed E-state index contributed by atoms with van der Waals surface area (Å²) in [7, 11) is 0. The van der Waals surface area contributed by atoms with Crippen molar-refractivity contribution in [1.82, 2.24) is 24.6 Å². The average molecular weight is 538 g/mol. The Bertz CT molecular complexity index is 1400. The molecule has 0 spiro atoms. The Morgan fingerprint density at radius 2 is 1.97 bits per heavy atom. The molecule has 8 nitrogen and oxygen atoms in total. The van der Waals surface area contributed by atoms with E-state index in [-0.39, 0.29) is 53.9 Å². The summed E-state index contributed by atoms with van der Waals surface area (Å²) in [6, 6.07) is 7.34. The van der Waals surface area contributed by atoms with E-state index in [1.54, 1.807) is 23.1 Å². The van der Waals surface area contributed by atoms with Gasteiger partial charge < -0.3 is 14.4 Å². The van der Waals surface area contributed by atoms with Crippen molar-refractivity contribution < 1.29 is 18.0 Å². The molecule has 1 aromatic carbocycles. The van der Waals surface area contributed by atoms with Crippen molar-refractivity contribution in [3.05, 3.63) is 45.6 Å². The summed E-state index contributed by atoms with van der Waals surface area (Å²) < 4.78 is 40.4. The predicted octanol–water partition coefficient (Wildman–Crippen LogP) is 4.53. The van der Waals surface area contributed by atoms with Gasteiger partial charge in [-0.1, -0.05) is 30.1 Å². The van der Waals surface area contributed by atoms with Crippen LogP contribution in [0.15, 0.2) is 18.2 Å². The lowest BCUT2D eigenvalue weighted by Gasteiger charge is -2.40. The van der Waals surface area contributed by atoms with Crippen LogP contribution < -0.4 is 4.90 Å². The second kappa shape index (κ2) is 9.09. The molecule has 2 unspecified atom stereocenters. The van der Waals surface area contributed by atoms with Gasteiger partial charge in [-0.3, -0.25) is 4.79 Å². The zero-order valence-electron chi connectivity index (χ0n) is 19.1. The topological polar surface area (TPSA) is 90.9 Å². The zero-order chi connectivity index (χ0) is 25.8. The van der Waals surface area contributed by atoms with E-state index >= 15 is 0 Å². The lowest BCUT2D eigenvalue weighted by atomic mass is 9.85. The lowest BCUT2D eigenvalue weighted by molar-refractivity contribution is -0.148. The van der Waals surface area contributed by atoms with Crippen LogP contribution in [0.3, 0.4) is 0 Å². The molecule has 2 aliphatic rings. The number of amides is 1. The summed E-state index contributed by atoms with van der Waals surface area (Å²) in [5.41, 5.74) is 1.50. The van der Waals surface area contributed by atoms with Crippen molar-refractivity contribution in [2.24, 2.45) is 11.8 Å². The second-order valence-electron chi connectivity index (χ2n) is 9.07. The van der Waals surface area contributed by atoms with Crippen LogP contribution in [-0.4, -0.2) is 50.2 Å². The molecule has 1 fully saturated rings. The number of nitriles is 1. The molecule has 188 valence electrons. The number of carbonyl (C=O) groups is 1. The van der Waals surface area contributed by atoms with E-state index in [9.17, 15) is 23.2 Å². The number of aromatic nitrogens is 4. The molecular weight excluding hydrogens is 518 g/mol.